The number of benzene rings is 1. The molecule has 6 aromatic rings. The third kappa shape index (κ3) is 5.07. The number of nitrogens with zero attached hydrogens (tertiary/aromatic N) is 5. The average molecular weight is 556 g/mol. The van der Waals surface area contributed by atoms with Crippen molar-refractivity contribution < 1.29 is 9.18 Å². The van der Waals surface area contributed by atoms with Gasteiger partial charge in [-0.3, -0.25) is 19.2 Å². The van der Waals surface area contributed by atoms with Gasteiger partial charge in [-0.1, -0.05) is 5.92 Å². The van der Waals surface area contributed by atoms with E-state index < -0.39 is 11.9 Å². The number of imidazole rings is 1. The molecule has 5 heterocycles. The van der Waals surface area contributed by atoms with Crippen LogP contribution in [0.15, 0.2) is 85.5 Å². The van der Waals surface area contributed by atoms with E-state index in [9.17, 15) is 9.18 Å². The fraction of sp³-hybridized carbons (Fsp3) is 0.121. The van der Waals surface area contributed by atoms with Gasteiger partial charge in [0.05, 0.1) is 17.4 Å². The molecule has 0 saturated carbocycles. The predicted molar refractivity (Wildman–Crippen MR) is 161 cm³/mol. The molecule has 0 saturated heterocycles. The summed E-state index contributed by atoms with van der Waals surface area (Å²) >= 11 is 0. The largest absolute Gasteiger partial charge is 0.309 e. The van der Waals surface area contributed by atoms with Crippen molar-refractivity contribution in [2.24, 2.45) is 0 Å². The smallest absolute Gasteiger partial charge is 0.242 e. The zero-order valence-electron chi connectivity index (χ0n) is 23.2. The molecule has 0 spiro atoms. The summed E-state index contributed by atoms with van der Waals surface area (Å²) < 4.78 is 16.5. The van der Waals surface area contributed by atoms with E-state index in [2.05, 4.69) is 32.4 Å². The molecule has 0 radical (unpaired) electrons. The molecule has 5 aromatic heterocycles. The molecule has 0 fully saturated rings. The average Bonchev–Trinajstić information content (AvgIpc) is 3.39. The van der Waals surface area contributed by atoms with Gasteiger partial charge in [-0.25, -0.2) is 14.4 Å². The molecule has 1 aromatic carbocycles. The van der Waals surface area contributed by atoms with Crippen molar-refractivity contribution in [3.8, 4) is 34.4 Å². The van der Waals surface area contributed by atoms with Gasteiger partial charge in [-0.15, -0.1) is 0 Å². The molecular weight excluding hydrogens is 529 g/mol. The fourth-order valence-electron chi connectivity index (χ4n) is 4.67. The first-order chi connectivity index (χ1) is 20.4. The Morgan fingerprint density at radius 3 is 2.64 bits per heavy atom. The van der Waals surface area contributed by atoms with E-state index in [-0.39, 0.29) is 11.4 Å². The van der Waals surface area contributed by atoms with Crippen LogP contribution in [-0.2, 0) is 4.79 Å². The molecule has 1 amide bonds. The van der Waals surface area contributed by atoms with Crippen molar-refractivity contribution in [3.05, 3.63) is 108 Å². The number of hydrogen-bond acceptors (Lipinski definition) is 6. The highest BCUT2D eigenvalue weighted by Gasteiger charge is 2.20. The number of rotatable bonds is 5. The highest BCUT2D eigenvalue weighted by Crippen LogP contribution is 2.35. The van der Waals surface area contributed by atoms with Crippen molar-refractivity contribution in [3.63, 3.8) is 0 Å². The number of aromatic nitrogens is 5. The molecule has 8 nitrogen and oxygen atoms in total. The summed E-state index contributed by atoms with van der Waals surface area (Å²) in [5.41, 5.74) is 6.25. The van der Waals surface area contributed by atoms with Crippen LogP contribution >= 0.6 is 0 Å². The summed E-state index contributed by atoms with van der Waals surface area (Å²) in [5.74, 6) is 6.10. The second-order valence-electron chi connectivity index (χ2n) is 9.81. The van der Waals surface area contributed by atoms with Gasteiger partial charge in [0.15, 0.2) is 0 Å². The zero-order valence-corrected chi connectivity index (χ0v) is 23.2. The summed E-state index contributed by atoms with van der Waals surface area (Å²) in [5, 5.41) is 6.39. The summed E-state index contributed by atoms with van der Waals surface area (Å²) in [6.07, 6.45) is 6.97. The molecule has 0 bridgehead atoms. The number of nitrogens with one attached hydrogen (secondary N) is 2. The Morgan fingerprint density at radius 2 is 1.83 bits per heavy atom. The SMILES string of the molecule is CNC(C)C(=O)Nc1ccc(-c2c(-c3ccncc3)nc3cc(C)ccn23)c(C#Cc2ccc(F)c3ncccc23)n1. The monoisotopic (exact) mass is 555 g/mol. The third-order valence-electron chi connectivity index (χ3n) is 7.00. The molecule has 0 aliphatic rings. The number of pyridine rings is 4. The minimum Gasteiger partial charge on any atom is -0.309 e. The Hall–Kier alpha value is -5.46. The second kappa shape index (κ2) is 11.2. The number of carbonyl (C=O) groups excluding carboxylic acids is 1. The Bertz CT molecular complexity index is 2030. The lowest BCUT2D eigenvalue weighted by molar-refractivity contribution is -0.117. The second-order valence-corrected chi connectivity index (χ2v) is 9.81. The minimum absolute atomic E-state index is 0.227. The van der Waals surface area contributed by atoms with Crippen LogP contribution < -0.4 is 10.6 Å². The number of aryl methyl sites for hydroxylation is 1. The summed E-state index contributed by atoms with van der Waals surface area (Å²) in [7, 11) is 1.71. The number of anilines is 1. The van der Waals surface area contributed by atoms with Crippen LogP contribution in [0.5, 0.6) is 0 Å². The number of fused-ring (bicyclic) bond motifs is 2. The normalized spacial score (nSPS) is 11.7. The van der Waals surface area contributed by atoms with Gasteiger partial charge in [-0.05, 0) is 93.0 Å². The van der Waals surface area contributed by atoms with Gasteiger partial charge in [0.1, 0.15) is 28.5 Å². The lowest BCUT2D eigenvalue weighted by Gasteiger charge is -2.13. The van der Waals surface area contributed by atoms with Gasteiger partial charge in [-0.2, -0.15) is 0 Å². The maximum Gasteiger partial charge on any atom is 0.242 e. The van der Waals surface area contributed by atoms with Crippen molar-refractivity contribution in [1.82, 2.24) is 29.7 Å². The summed E-state index contributed by atoms with van der Waals surface area (Å²) in [4.78, 5) is 30.8. The van der Waals surface area contributed by atoms with Gasteiger partial charge in [0.2, 0.25) is 5.91 Å². The van der Waals surface area contributed by atoms with E-state index in [1.165, 1.54) is 6.07 Å². The van der Waals surface area contributed by atoms with Gasteiger partial charge < -0.3 is 10.6 Å². The first-order valence-electron chi connectivity index (χ1n) is 13.4. The Labute approximate surface area is 241 Å². The molecule has 1 unspecified atom stereocenters. The Balaban J connectivity index is 1.58. The van der Waals surface area contributed by atoms with Crippen LogP contribution in [0.2, 0.25) is 0 Å². The van der Waals surface area contributed by atoms with E-state index in [4.69, 9.17) is 9.97 Å². The van der Waals surface area contributed by atoms with E-state index in [1.807, 2.05) is 47.9 Å². The van der Waals surface area contributed by atoms with Crippen LogP contribution in [0.4, 0.5) is 10.2 Å². The van der Waals surface area contributed by atoms with Crippen LogP contribution in [0, 0.1) is 24.6 Å². The summed E-state index contributed by atoms with van der Waals surface area (Å²) in [6, 6.07) is 17.6. The number of amides is 1. The molecule has 42 heavy (non-hydrogen) atoms. The number of carbonyl (C=O) groups is 1. The molecular formula is C33H26FN7O. The van der Waals surface area contributed by atoms with E-state index >= 15 is 0 Å². The first-order valence-corrected chi connectivity index (χ1v) is 13.4. The van der Waals surface area contributed by atoms with Gasteiger partial charge in [0.25, 0.3) is 0 Å². The van der Waals surface area contributed by atoms with Crippen LogP contribution in [0.25, 0.3) is 39.1 Å². The van der Waals surface area contributed by atoms with E-state index in [0.29, 0.717) is 22.5 Å². The highest BCUT2D eigenvalue weighted by atomic mass is 19.1. The van der Waals surface area contributed by atoms with E-state index in [0.717, 1.165) is 33.7 Å². The number of likely N-dealkylation sites (N-methyl/N-ethyl adjacent to an activating group) is 1. The molecule has 0 aliphatic heterocycles. The molecule has 0 aliphatic carbocycles. The number of halogens is 1. The predicted octanol–water partition coefficient (Wildman–Crippen LogP) is 5.40. The Morgan fingerprint density at radius 1 is 1.00 bits per heavy atom. The van der Waals surface area contributed by atoms with Gasteiger partial charge >= 0.3 is 0 Å². The standard InChI is InChI=1S/C33H26FN7O/c1-20-14-18-41-29(19-20)40-30(23-12-16-36-17-13-23)32(41)25-8-11-28(39-33(42)21(2)35-3)38-27(25)10-7-22-6-9-26(34)31-24(22)5-4-15-37-31/h4-6,8-9,11-19,21,35H,1-3H3,(H,38,39,42). The number of hydrogen-bond donors (Lipinski definition) is 2. The fourth-order valence-corrected chi connectivity index (χ4v) is 4.67. The topological polar surface area (TPSA) is 97.1 Å². The lowest BCUT2D eigenvalue weighted by Crippen LogP contribution is -2.35. The van der Waals surface area contributed by atoms with Gasteiger partial charge in [0, 0.05) is 46.9 Å². The van der Waals surface area contributed by atoms with Crippen molar-refractivity contribution in [1.29, 1.82) is 0 Å². The maximum absolute atomic E-state index is 14.4. The zero-order chi connectivity index (χ0) is 29.2. The first kappa shape index (κ1) is 26.7. The quantitative estimate of drug-likeness (QED) is 0.277. The molecule has 2 N–H and O–H groups in total. The lowest BCUT2D eigenvalue weighted by atomic mass is 10.0. The molecule has 6 rings (SSSR count). The van der Waals surface area contributed by atoms with Crippen molar-refractivity contribution >= 4 is 28.3 Å². The summed E-state index contributed by atoms with van der Waals surface area (Å²) in [6.45, 7) is 3.78. The molecule has 9 heteroatoms. The van der Waals surface area contributed by atoms with Crippen molar-refractivity contribution in [2.75, 3.05) is 12.4 Å². The van der Waals surface area contributed by atoms with Crippen LogP contribution in [0.1, 0.15) is 23.7 Å². The minimum atomic E-state index is -0.417. The van der Waals surface area contributed by atoms with E-state index in [1.54, 1.807) is 56.8 Å². The van der Waals surface area contributed by atoms with Crippen LogP contribution in [-0.4, -0.2) is 43.3 Å². The Kier molecular flexibility index (Phi) is 7.13. The molecule has 206 valence electrons. The third-order valence-corrected chi connectivity index (χ3v) is 7.00. The van der Waals surface area contributed by atoms with Crippen molar-refractivity contribution in [2.45, 2.75) is 19.9 Å². The highest BCUT2D eigenvalue weighted by molar-refractivity contribution is 5.94. The molecule has 1 atom stereocenters. The maximum atomic E-state index is 14.4. The van der Waals surface area contributed by atoms with Crippen LogP contribution in [0.3, 0.4) is 0 Å².